The Labute approximate surface area is 114 Å². The van der Waals surface area contributed by atoms with Gasteiger partial charge in [0.25, 0.3) is 0 Å². The predicted molar refractivity (Wildman–Crippen MR) is 73.1 cm³/mol. The number of fused-ring (bicyclic) bond motifs is 2. The van der Waals surface area contributed by atoms with Gasteiger partial charge in [-0.15, -0.1) is 0 Å². The van der Waals surface area contributed by atoms with Gasteiger partial charge in [-0.3, -0.25) is 0 Å². The molecule has 0 radical (unpaired) electrons. The van der Waals surface area contributed by atoms with Crippen molar-refractivity contribution in [3.8, 4) is 0 Å². The molecule has 3 rings (SSSR count). The van der Waals surface area contributed by atoms with Crippen LogP contribution >= 0.6 is 0 Å². The number of aromatic nitrogens is 2. The average Bonchev–Trinajstić information content (AvgIpc) is 3.15. The van der Waals surface area contributed by atoms with Crippen molar-refractivity contribution in [2.24, 2.45) is 0 Å². The highest BCUT2D eigenvalue weighted by Gasteiger charge is 2.42. The Morgan fingerprint density at radius 1 is 1.32 bits per heavy atom. The van der Waals surface area contributed by atoms with Gasteiger partial charge in [0, 0.05) is 25.0 Å². The number of rotatable bonds is 6. The molecule has 5 heteroatoms. The quantitative estimate of drug-likeness (QED) is 0.845. The van der Waals surface area contributed by atoms with Crippen LogP contribution < -0.4 is 5.32 Å². The predicted octanol–water partition coefficient (Wildman–Crippen LogP) is 1.56. The summed E-state index contributed by atoms with van der Waals surface area (Å²) >= 11 is 0. The van der Waals surface area contributed by atoms with Crippen LogP contribution in [-0.4, -0.2) is 46.8 Å². The van der Waals surface area contributed by atoms with Crippen LogP contribution in [0.1, 0.15) is 50.7 Å². The van der Waals surface area contributed by atoms with Crippen molar-refractivity contribution in [3.05, 3.63) is 11.7 Å². The molecular formula is C14H24N4O. The van der Waals surface area contributed by atoms with Gasteiger partial charge >= 0.3 is 0 Å². The zero-order valence-electron chi connectivity index (χ0n) is 11.9. The van der Waals surface area contributed by atoms with Crippen LogP contribution in [-0.2, 0) is 6.42 Å². The molecule has 5 nitrogen and oxygen atoms in total. The molecular weight excluding hydrogens is 240 g/mol. The fraction of sp³-hybridized carbons (Fsp3) is 0.857. The van der Waals surface area contributed by atoms with Gasteiger partial charge in [0.2, 0.25) is 5.89 Å². The van der Waals surface area contributed by atoms with Crippen LogP contribution in [0.3, 0.4) is 0 Å². The lowest BCUT2D eigenvalue weighted by atomic mass is 9.89. The smallest absolute Gasteiger partial charge is 0.231 e. The van der Waals surface area contributed by atoms with Gasteiger partial charge in [-0.25, -0.2) is 0 Å². The first-order valence-electron chi connectivity index (χ1n) is 7.61. The minimum absolute atomic E-state index is 0.452. The fourth-order valence-electron chi connectivity index (χ4n) is 3.41. The van der Waals surface area contributed by atoms with Crippen LogP contribution in [0.15, 0.2) is 4.52 Å². The molecule has 0 amide bonds. The molecule has 2 aliphatic rings. The van der Waals surface area contributed by atoms with E-state index in [4.69, 9.17) is 4.52 Å². The van der Waals surface area contributed by atoms with Crippen molar-refractivity contribution in [2.45, 2.75) is 57.5 Å². The van der Waals surface area contributed by atoms with E-state index >= 15 is 0 Å². The Morgan fingerprint density at radius 3 is 2.79 bits per heavy atom. The molecule has 3 unspecified atom stereocenters. The second-order valence-electron chi connectivity index (χ2n) is 5.72. The van der Waals surface area contributed by atoms with Gasteiger partial charge in [0.05, 0.1) is 5.92 Å². The van der Waals surface area contributed by atoms with E-state index in [1.165, 1.54) is 19.3 Å². The first kappa shape index (κ1) is 13.1. The van der Waals surface area contributed by atoms with E-state index in [-0.39, 0.29) is 0 Å². The minimum atomic E-state index is 0.452. The summed E-state index contributed by atoms with van der Waals surface area (Å²) in [6.07, 6.45) is 4.62. The number of nitrogens with one attached hydrogen (secondary N) is 1. The highest BCUT2D eigenvalue weighted by Crippen LogP contribution is 2.39. The summed E-state index contributed by atoms with van der Waals surface area (Å²) in [7, 11) is 0. The number of nitrogens with zero attached hydrogens (tertiary/aromatic N) is 3. The molecule has 3 atom stereocenters. The maximum absolute atomic E-state index is 5.48. The molecule has 2 bridgehead atoms. The molecule has 19 heavy (non-hydrogen) atoms. The van der Waals surface area contributed by atoms with E-state index in [0.717, 1.165) is 37.8 Å². The second kappa shape index (κ2) is 5.59. The molecule has 3 heterocycles. The standard InChI is InChI=1S/C14H24N4O/c1-3-18(4-2)8-7-13-16-14(19-17-13)11-9-10-5-6-12(11)15-10/h10-12,15H,3-9H2,1-2H3. The normalized spacial score (nSPS) is 29.5. The summed E-state index contributed by atoms with van der Waals surface area (Å²) in [5.74, 6) is 2.17. The lowest BCUT2D eigenvalue weighted by molar-refractivity contribution is 0.300. The van der Waals surface area contributed by atoms with Crippen molar-refractivity contribution in [3.63, 3.8) is 0 Å². The van der Waals surface area contributed by atoms with E-state index in [1.807, 2.05) is 0 Å². The Kier molecular flexibility index (Phi) is 3.84. The maximum atomic E-state index is 5.48. The molecule has 0 aliphatic carbocycles. The van der Waals surface area contributed by atoms with E-state index in [9.17, 15) is 0 Å². The average molecular weight is 264 g/mol. The zero-order valence-corrected chi connectivity index (χ0v) is 11.9. The van der Waals surface area contributed by atoms with Crippen LogP contribution in [0.25, 0.3) is 0 Å². The third-order valence-electron chi connectivity index (χ3n) is 4.65. The second-order valence-corrected chi connectivity index (χ2v) is 5.72. The van der Waals surface area contributed by atoms with Gasteiger partial charge in [-0.1, -0.05) is 19.0 Å². The summed E-state index contributed by atoms with van der Waals surface area (Å²) in [5.41, 5.74) is 0. The highest BCUT2D eigenvalue weighted by molar-refractivity contribution is 5.10. The van der Waals surface area contributed by atoms with Crippen molar-refractivity contribution >= 4 is 0 Å². The van der Waals surface area contributed by atoms with E-state index in [0.29, 0.717) is 18.0 Å². The Balaban J connectivity index is 1.57. The molecule has 0 saturated carbocycles. The molecule has 0 aromatic carbocycles. The summed E-state index contributed by atoms with van der Waals surface area (Å²) in [6, 6.07) is 1.25. The van der Waals surface area contributed by atoms with Crippen LogP contribution in [0, 0.1) is 0 Å². The van der Waals surface area contributed by atoms with Gasteiger partial charge in [0.15, 0.2) is 5.82 Å². The van der Waals surface area contributed by atoms with Crippen molar-refractivity contribution in [1.29, 1.82) is 0 Å². The van der Waals surface area contributed by atoms with Gasteiger partial charge in [0.1, 0.15) is 0 Å². The minimum Gasteiger partial charge on any atom is -0.339 e. The largest absolute Gasteiger partial charge is 0.339 e. The zero-order chi connectivity index (χ0) is 13.2. The van der Waals surface area contributed by atoms with Crippen molar-refractivity contribution in [1.82, 2.24) is 20.4 Å². The van der Waals surface area contributed by atoms with Crippen LogP contribution in [0.2, 0.25) is 0 Å². The van der Waals surface area contributed by atoms with Gasteiger partial charge < -0.3 is 14.7 Å². The lowest BCUT2D eigenvalue weighted by Crippen LogP contribution is -2.25. The first-order valence-corrected chi connectivity index (χ1v) is 7.61. The van der Waals surface area contributed by atoms with E-state index in [2.05, 4.69) is 34.2 Å². The SMILES string of the molecule is CCN(CC)CCc1noc(C2CC3CCC2N3)n1. The number of hydrogen-bond donors (Lipinski definition) is 1. The van der Waals surface area contributed by atoms with Crippen LogP contribution in [0.4, 0.5) is 0 Å². The Bertz CT molecular complexity index is 415. The summed E-state index contributed by atoms with van der Waals surface area (Å²) in [6.45, 7) is 7.55. The summed E-state index contributed by atoms with van der Waals surface area (Å²) in [4.78, 5) is 6.99. The Hall–Kier alpha value is -0.940. The van der Waals surface area contributed by atoms with Crippen molar-refractivity contribution < 1.29 is 4.52 Å². The highest BCUT2D eigenvalue weighted by atomic mass is 16.5. The monoisotopic (exact) mass is 264 g/mol. The topological polar surface area (TPSA) is 54.2 Å². The molecule has 2 aliphatic heterocycles. The third-order valence-corrected chi connectivity index (χ3v) is 4.65. The fourth-order valence-corrected chi connectivity index (χ4v) is 3.41. The van der Waals surface area contributed by atoms with Gasteiger partial charge in [-0.05, 0) is 32.4 Å². The van der Waals surface area contributed by atoms with Gasteiger partial charge in [-0.2, -0.15) is 4.98 Å². The maximum Gasteiger partial charge on any atom is 0.231 e. The first-order chi connectivity index (χ1) is 9.30. The molecule has 2 fully saturated rings. The molecule has 1 aromatic rings. The lowest BCUT2D eigenvalue weighted by Gasteiger charge is -2.16. The summed E-state index contributed by atoms with van der Waals surface area (Å²) in [5, 5.41) is 7.76. The van der Waals surface area contributed by atoms with E-state index < -0.39 is 0 Å². The van der Waals surface area contributed by atoms with Crippen molar-refractivity contribution in [2.75, 3.05) is 19.6 Å². The van der Waals surface area contributed by atoms with Crippen LogP contribution in [0.5, 0.6) is 0 Å². The summed E-state index contributed by atoms with van der Waals surface area (Å²) < 4.78 is 5.48. The number of hydrogen-bond acceptors (Lipinski definition) is 5. The number of likely N-dealkylation sites (N-methyl/N-ethyl adjacent to an activating group) is 1. The molecule has 1 aromatic heterocycles. The molecule has 1 N–H and O–H groups in total. The molecule has 2 saturated heterocycles. The third kappa shape index (κ3) is 2.67. The van der Waals surface area contributed by atoms with E-state index in [1.54, 1.807) is 0 Å². The molecule has 0 spiro atoms. The molecule has 106 valence electrons. The Morgan fingerprint density at radius 2 is 2.16 bits per heavy atom.